The van der Waals surface area contributed by atoms with E-state index in [4.69, 9.17) is 5.73 Å². The number of hydrogen-bond acceptors (Lipinski definition) is 4. The van der Waals surface area contributed by atoms with E-state index in [2.05, 4.69) is 0 Å². The van der Waals surface area contributed by atoms with Gasteiger partial charge in [-0.1, -0.05) is 37.6 Å². The van der Waals surface area contributed by atoms with Crippen LogP contribution in [0.3, 0.4) is 0 Å². The normalized spacial score (nSPS) is 13.4. The minimum absolute atomic E-state index is 0.391. The van der Waals surface area contributed by atoms with Gasteiger partial charge < -0.3 is 5.73 Å². The second kappa shape index (κ2) is 5.56. The van der Waals surface area contributed by atoms with E-state index in [-0.39, 0.29) is 0 Å². The molecule has 1 amide bonds. The molecule has 1 unspecified atom stereocenters. The van der Waals surface area contributed by atoms with Gasteiger partial charge in [-0.2, -0.15) is 14.7 Å². The molecule has 0 aromatic heterocycles. The zero-order chi connectivity index (χ0) is 13.1. The molecule has 0 bridgehead atoms. The first-order valence-corrected chi connectivity index (χ1v) is 7.03. The van der Waals surface area contributed by atoms with Gasteiger partial charge >= 0.3 is 7.94 Å². The highest BCUT2D eigenvalue weighted by Crippen LogP contribution is 2.59. The number of carbonyl (C=O) groups is 1. The molecule has 0 radical (unpaired) electrons. The highest BCUT2D eigenvalue weighted by Gasteiger charge is 2.49. The van der Waals surface area contributed by atoms with Crippen molar-refractivity contribution in [3.63, 3.8) is 0 Å². The average molecular weight is 258 g/mol. The first-order valence-electron chi connectivity index (χ1n) is 5.32. The Morgan fingerprint density at radius 1 is 1.35 bits per heavy atom. The minimum Gasteiger partial charge on any atom is -0.366 e. The predicted molar refractivity (Wildman–Crippen MR) is 65.9 cm³/mol. The maximum atomic E-state index is 11.3. The van der Waals surface area contributed by atoms with Gasteiger partial charge in [-0.3, -0.25) is 4.79 Å². The Bertz CT molecular complexity index is 403. The van der Waals surface area contributed by atoms with Gasteiger partial charge in [-0.05, 0) is 12.0 Å². The van der Waals surface area contributed by atoms with Gasteiger partial charge in [0.25, 0.3) is 11.6 Å². The van der Waals surface area contributed by atoms with Crippen molar-refractivity contribution in [3.05, 3.63) is 35.4 Å². The summed E-state index contributed by atoms with van der Waals surface area (Å²) in [7, 11) is -4.33. The van der Waals surface area contributed by atoms with Crippen LogP contribution < -0.4 is 5.73 Å². The van der Waals surface area contributed by atoms with E-state index in [1.807, 2.05) is 6.92 Å². The zero-order valence-electron chi connectivity index (χ0n) is 9.58. The molecule has 0 aliphatic rings. The Hall–Kier alpha value is -1.00. The topological polar surface area (TPSA) is 104 Å². The van der Waals surface area contributed by atoms with Gasteiger partial charge in [0, 0.05) is 5.56 Å². The molecule has 1 aromatic carbocycles. The third-order valence-electron chi connectivity index (χ3n) is 2.48. The predicted octanol–water partition coefficient (Wildman–Crippen LogP) is 0.905. The quantitative estimate of drug-likeness (QED) is 0.589. The van der Waals surface area contributed by atoms with Crippen molar-refractivity contribution in [1.29, 1.82) is 0 Å². The van der Waals surface area contributed by atoms with Crippen LogP contribution in [-0.2, 0) is 11.2 Å². The van der Waals surface area contributed by atoms with Crippen molar-refractivity contribution in [2.45, 2.75) is 25.4 Å². The third kappa shape index (κ3) is 3.48. The van der Waals surface area contributed by atoms with Crippen molar-refractivity contribution >= 4 is 13.9 Å². The number of hydrogen-bond donors (Lipinski definition) is 4. The summed E-state index contributed by atoms with van der Waals surface area (Å²) in [5.41, 5.74) is 4.87. The summed E-state index contributed by atoms with van der Waals surface area (Å²) in [5.74, 6) is -0.936. The molecule has 94 valence electrons. The van der Waals surface area contributed by atoms with Crippen LogP contribution in [0.5, 0.6) is 0 Å². The fraction of sp³-hybridized carbons (Fsp3) is 0.364. The largest absolute Gasteiger partial charge is 0.421 e. The maximum absolute atomic E-state index is 11.3. The number of primary amides is 1. The van der Waals surface area contributed by atoms with E-state index >= 15 is 0 Å². The highest BCUT2D eigenvalue weighted by molar-refractivity contribution is 7.60. The molecule has 1 rings (SSSR count). The summed E-state index contributed by atoms with van der Waals surface area (Å²) in [4.78, 5) is 39.2. The van der Waals surface area contributed by atoms with Crippen LogP contribution in [-0.4, -0.2) is 20.6 Å². The molecule has 0 aliphatic carbocycles. The van der Waals surface area contributed by atoms with Gasteiger partial charge in [0.2, 0.25) is 0 Å². The van der Waals surface area contributed by atoms with E-state index in [1.165, 1.54) is 0 Å². The average Bonchev–Trinajstić information content (AvgIpc) is 2.18. The molecule has 5 N–H and O–H groups in total. The molecular weight excluding hydrogens is 241 g/mol. The van der Waals surface area contributed by atoms with Crippen molar-refractivity contribution in [2.24, 2.45) is 5.73 Å². The smallest absolute Gasteiger partial charge is 0.366 e. The molecule has 0 spiro atoms. The summed E-state index contributed by atoms with van der Waals surface area (Å²) in [6.07, 6.45) is 1.52. The maximum Gasteiger partial charge on any atom is 0.421 e. The number of nitrogens with two attached hydrogens (primary N) is 1. The Morgan fingerprint density at radius 2 is 1.94 bits per heavy atom. The lowest BCUT2D eigenvalue weighted by molar-refractivity contribution is -0.118. The van der Waals surface area contributed by atoms with E-state index < -0.39 is 19.5 Å². The summed E-state index contributed by atoms with van der Waals surface area (Å²) >= 11 is 0. The molecule has 0 aliphatic heterocycles. The van der Waals surface area contributed by atoms with E-state index in [1.54, 1.807) is 24.3 Å². The molecule has 1 aromatic rings. The van der Waals surface area contributed by atoms with Crippen molar-refractivity contribution in [1.82, 2.24) is 0 Å². The van der Waals surface area contributed by atoms with Gasteiger partial charge in [0.15, 0.2) is 0 Å². The van der Waals surface area contributed by atoms with Crippen molar-refractivity contribution in [2.75, 3.05) is 0 Å². The van der Waals surface area contributed by atoms with Crippen molar-refractivity contribution < 1.29 is 19.5 Å². The third-order valence-corrected chi connectivity index (χ3v) is 3.71. The molecule has 0 heterocycles. The lowest BCUT2D eigenvalue weighted by Crippen LogP contribution is -2.24. The molecule has 0 saturated carbocycles. The Kier molecular flexibility index (Phi) is 4.60. The Labute approximate surface area is 100 Å². The van der Waals surface area contributed by atoms with Crippen LogP contribution in [0.15, 0.2) is 24.3 Å². The van der Waals surface area contributed by atoms with E-state index in [0.717, 1.165) is 12.0 Å². The number of benzene rings is 1. The lowest BCUT2D eigenvalue weighted by atomic mass is 10.0. The number of amides is 1. The Morgan fingerprint density at radius 3 is 2.41 bits per heavy atom. The van der Waals surface area contributed by atoms with Crippen molar-refractivity contribution in [3.8, 4) is 0 Å². The van der Waals surface area contributed by atoms with Gasteiger partial charge in [-0.15, -0.1) is 0 Å². The number of rotatable bonds is 5. The van der Waals surface area contributed by atoms with Gasteiger partial charge in [0.1, 0.15) is 0 Å². The van der Waals surface area contributed by atoms with Crippen LogP contribution >= 0.6 is 7.94 Å². The van der Waals surface area contributed by atoms with Gasteiger partial charge in [0.05, 0.1) is 0 Å². The SMILES string of the molecule is CCCc1ccccc1C(C(N)=O)[P+](O)(O)O. The summed E-state index contributed by atoms with van der Waals surface area (Å²) < 4.78 is 0. The first-order chi connectivity index (χ1) is 7.88. The monoisotopic (exact) mass is 258 g/mol. The first kappa shape index (κ1) is 14.1. The van der Waals surface area contributed by atoms with Crippen LogP contribution in [0.25, 0.3) is 0 Å². The number of aryl methyl sites for hydroxylation is 1. The summed E-state index contributed by atoms with van der Waals surface area (Å²) in [6, 6.07) is 6.82. The highest BCUT2D eigenvalue weighted by atomic mass is 31.2. The lowest BCUT2D eigenvalue weighted by Gasteiger charge is -2.17. The van der Waals surface area contributed by atoms with E-state index in [9.17, 15) is 19.5 Å². The fourth-order valence-corrected chi connectivity index (χ4v) is 2.78. The van der Waals surface area contributed by atoms with Crippen LogP contribution in [0, 0.1) is 0 Å². The number of carbonyl (C=O) groups excluding carboxylic acids is 1. The zero-order valence-corrected chi connectivity index (χ0v) is 10.5. The summed E-state index contributed by atoms with van der Waals surface area (Å²) in [5, 5.41) is 0. The molecular formula is C11H17NO4P+. The fourth-order valence-electron chi connectivity index (χ4n) is 1.81. The van der Waals surface area contributed by atoms with Crippen LogP contribution in [0.2, 0.25) is 0 Å². The van der Waals surface area contributed by atoms with Crippen LogP contribution in [0.4, 0.5) is 0 Å². The standard InChI is InChI=1S/C11H16NO4P/c1-2-5-8-6-3-4-7-9(8)10(11(12)13)17(14,15)16/h3-4,6-7,10,14-16H,2,5H2,1H3,(H-,12,13)/p+1. The van der Waals surface area contributed by atoms with Gasteiger partial charge in [-0.25, -0.2) is 0 Å². The molecule has 5 nitrogen and oxygen atoms in total. The molecule has 0 fully saturated rings. The molecule has 17 heavy (non-hydrogen) atoms. The van der Waals surface area contributed by atoms with Crippen LogP contribution in [0.1, 0.15) is 30.1 Å². The van der Waals surface area contributed by atoms with E-state index in [0.29, 0.717) is 12.0 Å². The molecule has 0 saturated heterocycles. The Balaban J connectivity index is 3.23. The second-order valence-corrected chi connectivity index (χ2v) is 5.61. The summed E-state index contributed by atoms with van der Waals surface area (Å²) in [6.45, 7) is 1.97. The minimum atomic E-state index is -4.33. The molecule has 1 atom stereocenters. The molecule has 6 heteroatoms. The second-order valence-electron chi connectivity index (χ2n) is 3.87.